The van der Waals surface area contributed by atoms with Gasteiger partial charge >= 0.3 is 0 Å². The molecule has 0 N–H and O–H groups in total. The second kappa shape index (κ2) is 6.62. The van der Waals surface area contributed by atoms with Crippen LogP contribution in [0.5, 0.6) is 0 Å². The lowest BCUT2D eigenvalue weighted by Gasteiger charge is -2.10. The van der Waals surface area contributed by atoms with Crippen LogP contribution in [0.3, 0.4) is 0 Å². The molecule has 0 amide bonds. The lowest BCUT2D eigenvalue weighted by Crippen LogP contribution is -2.07. The molecule has 3 nitrogen and oxygen atoms in total. The summed E-state index contributed by atoms with van der Waals surface area (Å²) < 4.78 is 0. The van der Waals surface area contributed by atoms with Gasteiger partial charge in [-0.1, -0.05) is 0 Å². The third-order valence-corrected chi connectivity index (χ3v) is 1.18. The van der Waals surface area contributed by atoms with E-state index in [-0.39, 0.29) is 0 Å². The summed E-state index contributed by atoms with van der Waals surface area (Å²) in [7, 11) is 4.02. The van der Waals surface area contributed by atoms with Crippen LogP contribution in [0.2, 0.25) is 0 Å². The average molecular weight is 228 g/mol. The second-order valence-electron chi connectivity index (χ2n) is 2.18. The predicted octanol–water partition coefficient (Wildman–Crippen LogP) is 2.01. The molecule has 1 aromatic rings. The molecule has 12 heavy (non-hydrogen) atoms. The molecule has 1 heterocycles. The van der Waals surface area contributed by atoms with Gasteiger partial charge in [-0.25, -0.2) is 0 Å². The van der Waals surface area contributed by atoms with Crippen molar-refractivity contribution in [3.63, 3.8) is 0 Å². The molecule has 0 atom stereocenters. The van der Waals surface area contributed by atoms with E-state index in [0.29, 0.717) is 0 Å². The fourth-order valence-electron chi connectivity index (χ4n) is 0.642. The summed E-state index contributed by atoms with van der Waals surface area (Å²) in [5, 5.41) is 7.24. The summed E-state index contributed by atoms with van der Waals surface area (Å²) in [5.41, 5.74) is 1.19. The van der Waals surface area contributed by atoms with Crippen LogP contribution in [-0.2, 0) is 0 Å². The van der Waals surface area contributed by atoms with E-state index < -0.39 is 0 Å². The zero-order valence-corrected chi connectivity index (χ0v) is 8.62. The molecule has 1 rings (SSSR count). The quantitative estimate of drug-likeness (QED) is 0.738. The second-order valence-corrected chi connectivity index (χ2v) is 2.54. The summed E-state index contributed by atoms with van der Waals surface area (Å²) >= 11 is 2.45. The highest BCUT2D eigenvalue weighted by Gasteiger charge is 1.88. The van der Waals surface area contributed by atoms with Crippen LogP contribution in [0.1, 0.15) is 0 Å². The topological polar surface area (TPSA) is 39.9 Å². The first-order valence-corrected chi connectivity index (χ1v) is 4.08. The van der Waals surface area contributed by atoms with Crippen molar-refractivity contribution in [2.24, 2.45) is 0 Å². The summed E-state index contributed by atoms with van der Waals surface area (Å²) in [6, 6.07) is 3.94. The largest absolute Gasteiger partial charge is 0.378 e. The van der Waals surface area contributed by atoms with E-state index in [0.717, 1.165) is 0 Å². The fraction of sp³-hybridized carbons (Fsp3) is 0.250. The van der Waals surface area contributed by atoms with Gasteiger partial charge in [-0.3, -0.25) is 4.98 Å². The predicted molar refractivity (Wildman–Crippen MR) is 53.1 cm³/mol. The Morgan fingerprint density at radius 1 is 1.42 bits per heavy atom. The number of aromatic nitrogens is 1. The van der Waals surface area contributed by atoms with E-state index in [1.54, 1.807) is 17.4 Å². The molecule has 0 spiro atoms. The molecule has 0 fully saturated rings. The Morgan fingerprint density at radius 3 is 2.08 bits per heavy atom. The van der Waals surface area contributed by atoms with Crippen molar-refractivity contribution in [1.82, 2.24) is 4.98 Å². The number of nitriles is 1. The minimum absolute atomic E-state index is 1.19. The van der Waals surface area contributed by atoms with Crippen LogP contribution in [0.4, 0.5) is 5.69 Å². The van der Waals surface area contributed by atoms with E-state index in [1.807, 2.05) is 31.1 Å². The van der Waals surface area contributed by atoms with Crippen LogP contribution in [0.15, 0.2) is 24.5 Å². The fourth-order valence-corrected chi connectivity index (χ4v) is 0.642. The van der Waals surface area contributed by atoms with E-state index in [2.05, 4.69) is 20.9 Å². The van der Waals surface area contributed by atoms with Crippen molar-refractivity contribution >= 4 is 21.6 Å². The SMILES string of the molecule is CN(C)c1ccncc1.N#CBr. The van der Waals surface area contributed by atoms with E-state index in [4.69, 9.17) is 5.26 Å². The highest BCUT2D eigenvalue weighted by Crippen LogP contribution is 2.05. The van der Waals surface area contributed by atoms with Gasteiger partial charge in [0.15, 0.2) is 0 Å². The molecule has 64 valence electrons. The summed E-state index contributed by atoms with van der Waals surface area (Å²) in [4.78, 5) is 7.51. The molecule has 0 aliphatic rings. The third-order valence-electron chi connectivity index (χ3n) is 1.18. The first kappa shape index (κ1) is 10.9. The molecule has 0 saturated heterocycles. The number of hydrogen-bond donors (Lipinski definition) is 0. The minimum Gasteiger partial charge on any atom is -0.378 e. The molecule has 0 saturated carbocycles. The summed E-state index contributed by atoms with van der Waals surface area (Å²) in [6.45, 7) is 0. The van der Waals surface area contributed by atoms with Gasteiger partial charge < -0.3 is 4.90 Å². The van der Waals surface area contributed by atoms with Crippen molar-refractivity contribution in [2.75, 3.05) is 19.0 Å². The van der Waals surface area contributed by atoms with Crippen LogP contribution < -0.4 is 4.90 Å². The normalized spacial score (nSPS) is 7.50. The van der Waals surface area contributed by atoms with Crippen LogP contribution >= 0.6 is 15.9 Å². The number of pyridine rings is 1. The van der Waals surface area contributed by atoms with Crippen LogP contribution in [0.25, 0.3) is 0 Å². The Hall–Kier alpha value is -1.08. The Bertz CT molecular complexity index is 240. The highest BCUT2D eigenvalue weighted by molar-refractivity contribution is 9.12. The summed E-state index contributed by atoms with van der Waals surface area (Å²) in [5.74, 6) is 0. The lowest BCUT2D eigenvalue weighted by molar-refractivity contribution is 1.12. The van der Waals surface area contributed by atoms with E-state index in [9.17, 15) is 0 Å². The zero-order valence-electron chi connectivity index (χ0n) is 7.03. The first-order valence-electron chi connectivity index (χ1n) is 3.29. The standard InChI is InChI=1S/C7H10N2.CBrN/c1-9(2)7-3-5-8-6-4-7;2-1-3/h3-6H,1-2H3;. The zero-order chi connectivity index (χ0) is 9.40. The third kappa shape index (κ3) is 4.69. The van der Waals surface area contributed by atoms with Crippen molar-refractivity contribution in [2.45, 2.75) is 0 Å². The minimum atomic E-state index is 1.19. The molecular weight excluding hydrogens is 218 g/mol. The van der Waals surface area contributed by atoms with E-state index in [1.165, 1.54) is 5.69 Å². The Labute approximate surface area is 80.8 Å². The number of anilines is 1. The Balaban J connectivity index is 0.000000354. The van der Waals surface area contributed by atoms with Gasteiger partial charge in [0.05, 0.1) is 0 Å². The number of hydrogen-bond acceptors (Lipinski definition) is 3. The maximum Gasteiger partial charge on any atom is 0.142 e. The van der Waals surface area contributed by atoms with Gasteiger partial charge in [-0.05, 0) is 12.1 Å². The lowest BCUT2D eigenvalue weighted by atomic mass is 10.4. The monoisotopic (exact) mass is 227 g/mol. The molecule has 0 aliphatic heterocycles. The van der Waals surface area contributed by atoms with Gasteiger partial charge in [0.25, 0.3) is 0 Å². The Morgan fingerprint density at radius 2 is 1.83 bits per heavy atom. The molecule has 1 aromatic heterocycles. The van der Waals surface area contributed by atoms with Crippen LogP contribution in [0, 0.1) is 10.2 Å². The molecular formula is C8H10BrN3. The number of nitrogens with zero attached hydrogens (tertiary/aromatic N) is 3. The van der Waals surface area contributed by atoms with Gasteiger partial charge in [0.1, 0.15) is 4.98 Å². The highest BCUT2D eigenvalue weighted by atomic mass is 79.9. The van der Waals surface area contributed by atoms with Crippen LogP contribution in [-0.4, -0.2) is 19.1 Å². The molecule has 0 aromatic carbocycles. The van der Waals surface area contributed by atoms with E-state index >= 15 is 0 Å². The first-order chi connectivity index (χ1) is 5.72. The Kier molecular flexibility index (Phi) is 6.02. The van der Waals surface area contributed by atoms with Gasteiger partial charge in [-0.15, -0.1) is 0 Å². The molecule has 0 aliphatic carbocycles. The van der Waals surface area contributed by atoms with Crippen molar-refractivity contribution < 1.29 is 0 Å². The van der Waals surface area contributed by atoms with Crippen molar-refractivity contribution in [3.8, 4) is 4.98 Å². The molecule has 0 unspecified atom stereocenters. The smallest absolute Gasteiger partial charge is 0.142 e. The molecule has 0 bridgehead atoms. The van der Waals surface area contributed by atoms with Crippen molar-refractivity contribution in [3.05, 3.63) is 24.5 Å². The molecule has 4 heteroatoms. The number of halogens is 1. The average Bonchev–Trinajstić information content (AvgIpc) is 2.07. The molecule has 0 radical (unpaired) electrons. The maximum atomic E-state index is 7.24. The van der Waals surface area contributed by atoms with Gasteiger partial charge in [0, 0.05) is 48.1 Å². The van der Waals surface area contributed by atoms with Gasteiger partial charge in [0.2, 0.25) is 0 Å². The van der Waals surface area contributed by atoms with Gasteiger partial charge in [-0.2, -0.15) is 5.26 Å². The maximum absolute atomic E-state index is 7.24. The summed E-state index contributed by atoms with van der Waals surface area (Å²) in [6.07, 6.45) is 3.57. The number of rotatable bonds is 1. The van der Waals surface area contributed by atoms with Crippen molar-refractivity contribution in [1.29, 1.82) is 5.26 Å².